The van der Waals surface area contributed by atoms with Crippen molar-refractivity contribution in [1.82, 2.24) is 14.5 Å². The van der Waals surface area contributed by atoms with Crippen LogP contribution in [0.15, 0.2) is 83.8 Å². The topological polar surface area (TPSA) is 117 Å². The van der Waals surface area contributed by atoms with Gasteiger partial charge in [0.1, 0.15) is 5.69 Å². The van der Waals surface area contributed by atoms with Gasteiger partial charge in [-0.05, 0) is 75.2 Å². The zero-order valence-electron chi connectivity index (χ0n) is 21.7. The molecular weight excluding hydrogens is 498 g/mol. The molecule has 0 fully saturated rings. The molecule has 1 aromatic heterocycles. The summed E-state index contributed by atoms with van der Waals surface area (Å²) in [5.74, 6) is -0.315. The molecule has 3 aromatic carbocycles. The monoisotopic (exact) mass is 527 g/mol. The van der Waals surface area contributed by atoms with Crippen LogP contribution in [0.2, 0.25) is 0 Å². The van der Waals surface area contributed by atoms with E-state index in [4.69, 9.17) is 5.26 Å². The summed E-state index contributed by atoms with van der Waals surface area (Å²) in [6, 6.07) is 24.8. The molecule has 0 aliphatic carbocycles. The number of carbonyl (C=O) groups excluding carboxylic acids is 1. The van der Waals surface area contributed by atoms with Crippen LogP contribution in [0, 0.1) is 18.3 Å². The van der Waals surface area contributed by atoms with Gasteiger partial charge in [0.15, 0.2) is 0 Å². The highest BCUT2D eigenvalue weighted by Crippen LogP contribution is 2.29. The van der Waals surface area contributed by atoms with Crippen molar-refractivity contribution in [2.45, 2.75) is 44.7 Å². The summed E-state index contributed by atoms with van der Waals surface area (Å²) in [5, 5.41) is 16.3. The van der Waals surface area contributed by atoms with Gasteiger partial charge in [0, 0.05) is 16.8 Å². The molecule has 9 heteroatoms. The first-order chi connectivity index (χ1) is 17.9. The molecule has 0 saturated heterocycles. The smallest absolute Gasteiger partial charge is 0.273 e. The van der Waals surface area contributed by atoms with Crippen molar-refractivity contribution in [2.75, 3.05) is 5.32 Å². The van der Waals surface area contributed by atoms with Crippen molar-refractivity contribution in [3.8, 4) is 17.2 Å². The fourth-order valence-electron chi connectivity index (χ4n) is 4.03. The number of hydrogen-bond acceptors (Lipinski definition) is 5. The van der Waals surface area contributed by atoms with Crippen LogP contribution in [-0.4, -0.2) is 29.6 Å². The minimum atomic E-state index is -3.74. The number of anilines is 1. The SMILES string of the molecule is Cc1cc(C(=O)Nc2ccc(-c3ccccc3S(=O)(=O)NC(C)(C)C)cc2)n(Cc2ccc(C#N)cc2)n1. The van der Waals surface area contributed by atoms with Gasteiger partial charge in [-0.2, -0.15) is 10.4 Å². The maximum absolute atomic E-state index is 13.1. The van der Waals surface area contributed by atoms with Gasteiger partial charge in [0.25, 0.3) is 5.91 Å². The molecule has 8 nitrogen and oxygen atoms in total. The lowest BCUT2D eigenvalue weighted by Crippen LogP contribution is -2.40. The Hall–Kier alpha value is -4.26. The van der Waals surface area contributed by atoms with Gasteiger partial charge < -0.3 is 5.32 Å². The van der Waals surface area contributed by atoms with E-state index in [1.807, 2.05) is 19.1 Å². The largest absolute Gasteiger partial charge is 0.321 e. The van der Waals surface area contributed by atoms with Gasteiger partial charge in [0.05, 0.1) is 28.8 Å². The van der Waals surface area contributed by atoms with E-state index >= 15 is 0 Å². The van der Waals surface area contributed by atoms with Crippen molar-refractivity contribution in [1.29, 1.82) is 5.26 Å². The Kier molecular flexibility index (Phi) is 7.49. The Morgan fingerprint density at radius 2 is 1.66 bits per heavy atom. The molecule has 0 bridgehead atoms. The van der Waals surface area contributed by atoms with E-state index in [0.29, 0.717) is 40.3 Å². The lowest BCUT2D eigenvalue weighted by Gasteiger charge is -2.21. The summed E-state index contributed by atoms with van der Waals surface area (Å²) in [6.07, 6.45) is 0. The normalized spacial score (nSPS) is 11.7. The Labute approximate surface area is 223 Å². The van der Waals surface area contributed by atoms with E-state index in [9.17, 15) is 13.2 Å². The number of nitrogens with one attached hydrogen (secondary N) is 2. The third kappa shape index (κ3) is 6.35. The number of hydrogen-bond donors (Lipinski definition) is 2. The number of carbonyl (C=O) groups is 1. The molecule has 4 aromatic rings. The summed E-state index contributed by atoms with van der Waals surface area (Å²) in [6.45, 7) is 7.59. The Morgan fingerprint density at radius 3 is 2.29 bits per heavy atom. The minimum absolute atomic E-state index is 0.189. The van der Waals surface area contributed by atoms with Gasteiger partial charge in [-0.3, -0.25) is 9.48 Å². The maximum Gasteiger partial charge on any atom is 0.273 e. The first-order valence-electron chi connectivity index (χ1n) is 12.0. The van der Waals surface area contributed by atoms with Gasteiger partial charge >= 0.3 is 0 Å². The second-order valence-corrected chi connectivity index (χ2v) is 11.7. The molecule has 1 amide bonds. The van der Waals surface area contributed by atoms with Gasteiger partial charge in [-0.25, -0.2) is 13.1 Å². The van der Waals surface area contributed by atoms with E-state index in [1.54, 1.807) is 92.2 Å². The lowest BCUT2D eigenvalue weighted by molar-refractivity contribution is 0.101. The van der Waals surface area contributed by atoms with Crippen molar-refractivity contribution in [3.05, 3.63) is 101 Å². The van der Waals surface area contributed by atoms with Crippen LogP contribution in [0.1, 0.15) is 48.1 Å². The molecule has 0 spiro atoms. The van der Waals surface area contributed by atoms with Crippen molar-refractivity contribution >= 4 is 21.6 Å². The highest BCUT2D eigenvalue weighted by molar-refractivity contribution is 7.89. The predicted octanol–water partition coefficient (Wildman–Crippen LogP) is 5.11. The number of nitrogens with zero attached hydrogens (tertiary/aromatic N) is 3. The Morgan fingerprint density at radius 1 is 1.00 bits per heavy atom. The first kappa shape index (κ1) is 26.8. The standard InChI is InChI=1S/C29H29N5O3S/c1-20-17-26(34(32-20)19-22-11-9-21(18-30)10-12-22)28(35)31-24-15-13-23(14-16-24)25-7-5-6-8-27(25)38(36,37)33-29(2,3)4/h5-17,33H,19H2,1-4H3,(H,31,35). The molecule has 0 aliphatic heterocycles. The van der Waals surface area contributed by atoms with Crippen LogP contribution in [0.4, 0.5) is 5.69 Å². The molecule has 2 N–H and O–H groups in total. The molecule has 0 saturated carbocycles. The number of aryl methyl sites for hydroxylation is 1. The van der Waals surface area contributed by atoms with E-state index in [-0.39, 0.29) is 10.8 Å². The molecular formula is C29H29N5O3S. The van der Waals surface area contributed by atoms with Crippen LogP contribution in [0.5, 0.6) is 0 Å². The van der Waals surface area contributed by atoms with Crippen LogP contribution < -0.4 is 10.0 Å². The van der Waals surface area contributed by atoms with Crippen molar-refractivity contribution in [2.24, 2.45) is 0 Å². The summed E-state index contributed by atoms with van der Waals surface area (Å²) in [4.78, 5) is 13.3. The molecule has 194 valence electrons. The number of aromatic nitrogens is 2. The second-order valence-electron chi connectivity index (χ2n) is 10.0. The zero-order chi connectivity index (χ0) is 27.5. The van der Waals surface area contributed by atoms with Crippen LogP contribution in [-0.2, 0) is 16.6 Å². The number of nitriles is 1. The van der Waals surface area contributed by atoms with E-state index in [0.717, 1.165) is 5.56 Å². The summed E-state index contributed by atoms with van der Waals surface area (Å²) in [5.41, 5.74) is 3.82. The Balaban J connectivity index is 1.54. The summed E-state index contributed by atoms with van der Waals surface area (Å²) < 4.78 is 30.4. The highest BCUT2D eigenvalue weighted by Gasteiger charge is 2.24. The van der Waals surface area contributed by atoms with Crippen LogP contribution in [0.25, 0.3) is 11.1 Å². The van der Waals surface area contributed by atoms with E-state index < -0.39 is 15.6 Å². The predicted molar refractivity (Wildman–Crippen MR) is 147 cm³/mol. The third-order valence-corrected chi connectivity index (χ3v) is 7.44. The zero-order valence-corrected chi connectivity index (χ0v) is 22.5. The van der Waals surface area contributed by atoms with Gasteiger partial charge in [0.2, 0.25) is 10.0 Å². The van der Waals surface area contributed by atoms with Crippen LogP contribution >= 0.6 is 0 Å². The average molecular weight is 528 g/mol. The second kappa shape index (κ2) is 10.6. The lowest BCUT2D eigenvalue weighted by atomic mass is 10.1. The van der Waals surface area contributed by atoms with E-state index in [2.05, 4.69) is 21.2 Å². The van der Waals surface area contributed by atoms with Gasteiger partial charge in [-0.15, -0.1) is 0 Å². The maximum atomic E-state index is 13.1. The van der Waals surface area contributed by atoms with Crippen molar-refractivity contribution < 1.29 is 13.2 Å². The number of benzene rings is 3. The molecule has 0 aliphatic rings. The molecule has 0 atom stereocenters. The first-order valence-corrected chi connectivity index (χ1v) is 13.5. The Bertz CT molecular complexity index is 1610. The summed E-state index contributed by atoms with van der Waals surface area (Å²) >= 11 is 0. The number of amides is 1. The minimum Gasteiger partial charge on any atom is -0.321 e. The third-order valence-electron chi connectivity index (χ3n) is 5.62. The molecule has 0 unspecified atom stereocenters. The molecule has 38 heavy (non-hydrogen) atoms. The quantitative estimate of drug-likeness (QED) is 0.346. The van der Waals surface area contributed by atoms with Crippen LogP contribution in [0.3, 0.4) is 0 Å². The van der Waals surface area contributed by atoms with Gasteiger partial charge in [-0.1, -0.05) is 42.5 Å². The fourth-order valence-corrected chi connectivity index (χ4v) is 5.68. The molecule has 1 heterocycles. The number of rotatable bonds is 7. The molecule has 4 rings (SSSR count). The average Bonchev–Trinajstić information content (AvgIpc) is 3.23. The van der Waals surface area contributed by atoms with E-state index in [1.165, 1.54) is 0 Å². The van der Waals surface area contributed by atoms with Crippen molar-refractivity contribution in [3.63, 3.8) is 0 Å². The fraction of sp³-hybridized carbons (Fsp3) is 0.207. The highest BCUT2D eigenvalue weighted by atomic mass is 32.2. The molecule has 0 radical (unpaired) electrons. The summed E-state index contributed by atoms with van der Waals surface area (Å²) in [7, 11) is -3.74. The number of sulfonamides is 1.